The molecule has 2 heterocycles. The number of fused-ring (bicyclic) bond motifs is 1. The van der Waals surface area contributed by atoms with Gasteiger partial charge in [0.15, 0.2) is 0 Å². The average Bonchev–Trinajstić information content (AvgIpc) is 2.74. The maximum Gasteiger partial charge on any atom is 0.325 e. The van der Waals surface area contributed by atoms with Crippen LogP contribution in [0.3, 0.4) is 0 Å². The fourth-order valence-corrected chi connectivity index (χ4v) is 5.54. The van der Waals surface area contributed by atoms with Gasteiger partial charge in [0, 0.05) is 25.2 Å². The molecule has 2 fully saturated rings. The number of carbonyl (C=O) groups is 1. The molecule has 0 spiro atoms. The Morgan fingerprint density at radius 2 is 1.83 bits per heavy atom. The summed E-state index contributed by atoms with van der Waals surface area (Å²) in [6.45, 7) is 10.5. The minimum absolute atomic E-state index is 0.00947. The van der Waals surface area contributed by atoms with E-state index in [1.807, 2.05) is 23.1 Å². The number of aliphatic hydroxyl groups is 1. The van der Waals surface area contributed by atoms with Crippen LogP contribution < -0.4 is 0 Å². The van der Waals surface area contributed by atoms with Gasteiger partial charge in [0.1, 0.15) is 5.84 Å². The van der Waals surface area contributed by atoms with Gasteiger partial charge in [0.05, 0.1) is 24.6 Å². The van der Waals surface area contributed by atoms with E-state index in [9.17, 15) is 15.3 Å². The van der Waals surface area contributed by atoms with Crippen LogP contribution in [0.25, 0.3) is 0 Å². The molecule has 0 radical (unpaired) electrons. The molecule has 2 amide bonds. The van der Waals surface area contributed by atoms with Gasteiger partial charge < -0.3 is 10.0 Å². The zero-order valence-electron chi connectivity index (χ0n) is 19.0. The highest BCUT2D eigenvalue weighted by Gasteiger charge is 2.55. The number of hydrogen-bond donors (Lipinski definition) is 2. The number of hydrogen-bond acceptors (Lipinski definition) is 4. The summed E-state index contributed by atoms with van der Waals surface area (Å²) in [4.78, 5) is 19.2. The van der Waals surface area contributed by atoms with Gasteiger partial charge in [0.2, 0.25) is 0 Å². The van der Waals surface area contributed by atoms with Crippen LogP contribution in [0.1, 0.15) is 58.9 Å². The predicted molar refractivity (Wildman–Crippen MR) is 121 cm³/mol. The zero-order valence-corrected chi connectivity index (χ0v) is 19.0. The number of β-amino-alcohol motifs (C(OH)–C–C–N with tert-alkyl or cyclic N) is 1. The van der Waals surface area contributed by atoms with E-state index >= 15 is 0 Å². The van der Waals surface area contributed by atoms with Gasteiger partial charge in [0.25, 0.3) is 0 Å². The van der Waals surface area contributed by atoms with Crippen LogP contribution in [-0.4, -0.2) is 76.0 Å². The zero-order chi connectivity index (χ0) is 21.9. The molecule has 0 unspecified atom stereocenters. The van der Waals surface area contributed by atoms with Crippen molar-refractivity contribution in [2.45, 2.75) is 76.9 Å². The molecule has 6 nitrogen and oxygen atoms in total. The van der Waals surface area contributed by atoms with Crippen LogP contribution in [0.5, 0.6) is 0 Å². The van der Waals surface area contributed by atoms with Crippen LogP contribution >= 0.6 is 0 Å². The highest BCUT2D eigenvalue weighted by Crippen LogP contribution is 2.44. The van der Waals surface area contributed by atoms with Crippen LogP contribution in [-0.2, 0) is 5.41 Å². The predicted octanol–water partition coefficient (Wildman–Crippen LogP) is 3.69. The molecule has 0 aliphatic carbocycles. The van der Waals surface area contributed by atoms with Crippen molar-refractivity contribution in [2.75, 3.05) is 26.2 Å². The first-order chi connectivity index (χ1) is 14.3. The molecule has 1 aromatic carbocycles. The number of nitrogens with zero attached hydrogens (tertiary/aromatic N) is 3. The molecule has 6 heteroatoms. The Kier molecular flexibility index (Phi) is 7.19. The second-order valence-electron chi connectivity index (χ2n) is 9.22. The minimum atomic E-state index is -0.563. The molecule has 0 aromatic heterocycles. The molecule has 3 rings (SSSR count). The summed E-state index contributed by atoms with van der Waals surface area (Å²) in [6, 6.07) is 11.0. The van der Waals surface area contributed by atoms with Crippen LogP contribution in [0.4, 0.5) is 4.79 Å². The Labute approximate surface area is 181 Å². The van der Waals surface area contributed by atoms with Crippen molar-refractivity contribution in [3.63, 3.8) is 0 Å². The summed E-state index contributed by atoms with van der Waals surface area (Å²) in [5, 5.41) is 18.9. The molecule has 0 saturated carbocycles. The lowest BCUT2D eigenvalue weighted by Crippen LogP contribution is -2.70. The van der Waals surface area contributed by atoms with Crippen molar-refractivity contribution in [1.29, 1.82) is 5.41 Å². The van der Waals surface area contributed by atoms with E-state index in [1.54, 1.807) is 0 Å². The Hall–Kier alpha value is -1.92. The largest absolute Gasteiger partial charge is 0.395 e. The molecule has 30 heavy (non-hydrogen) atoms. The van der Waals surface area contributed by atoms with Crippen molar-refractivity contribution >= 4 is 11.9 Å². The smallest absolute Gasteiger partial charge is 0.325 e. The van der Waals surface area contributed by atoms with Crippen LogP contribution in [0, 0.1) is 5.41 Å². The molecule has 2 aliphatic heterocycles. The van der Waals surface area contributed by atoms with Crippen molar-refractivity contribution in [2.24, 2.45) is 0 Å². The fraction of sp³-hybridized carbons (Fsp3) is 0.667. The third-order valence-electron chi connectivity index (χ3n) is 6.94. The summed E-state index contributed by atoms with van der Waals surface area (Å²) in [6.07, 6.45) is 3.77. The lowest BCUT2D eigenvalue weighted by Gasteiger charge is -2.56. The van der Waals surface area contributed by atoms with Crippen LogP contribution in [0.15, 0.2) is 30.3 Å². The Morgan fingerprint density at radius 1 is 1.17 bits per heavy atom. The van der Waals surface area contributed by atoms with E-state index < -0.39 is 5.41 Å². The molecule has 0 bridgehead atoms. The Bertz CT molecular complexity index is 728. The molecule has 2 N–H and O–H groups in total. The van der Waals surface area contributed by atoms with E-state index in [0.717, 1.165) is 44.3 Å². The average molecular weight is 415 g/mol. The number of piperidine rings is 1. The fourth-order valence-electron chi connectivity index (χ4n) is 5.54. The SMILES string of the molecule is CC(C)N(CC[C@@]1(c2ccccc2)C(=N)N(CCO)C(=O)N2CCCC[C@@H]21)C(C)C. The lowest BCUT2D eigenvalue weighted by atomic mass is 9.65. The minimum Gasteiger partial charge on any atom is -0.395 e. The van der Waals surface area contributed by atoms with Gasteiger partial charge in [-0.05, 0) is 58.9 Å². The third kappa shape index (κ3) is 4.00. The number of amidine groups is 1. The van der Waals surface area contributed by atoms with Crippen molar-refractivity contribution < 1.29 is 9.90 Å². The van der Waals surface area contributed by atoms with Gasteiger partial charge in [-0.25, -0.2) is 4.79 Å². The molecule has 1 aromatic rings. The van der Waals surface area contributed by atoms with Crippen LogP contribution in [0.2, 0.25) is 0 Å². The van der Waals surface area contributed by atoms with Gasteiger partial charge in [-0.1, -0.05) is 30.3 Å². The number of rotatable bonds is 8. The van der Waals surface area contributed by atoms with Crippen molar-refractivity contribution in [3.05, 3.63) is 35.9 Å². The highest BCUT2D eigenvalue weighted by molar-refractivity contribution is 6.05. The molecule has 2 saturated heterocycles. The van der Waals surface area contributed by atoms with E-state index in [0.29, 0.717) is 17.9 Å². The number of urea groups is 1. The number of amides is 2. The maximum absolute atomic E-state index is 13.2. The normalized spacial score (nSPS) is 24.9. The number of aliphatic hydroxyl groups excluding tert-OH is 1. The standard InChI is InChI=1S/C24H38N4O2/c1-18(2)26(19(3)4)15-13-24(20-10-6-5-7-11-20)21-12-8-9-14-27(21)23(30)28(16-17-29)22(24)25/h5-7,10-11,18-19,21,25,29H,8-9,12-17H2,1-4H3/t21-,24+/m1/s1. The Morgan fingerprint density at radius 3 is 2.43 bits per heavy atom. The number of benzene rings is 1. The highest BCUT2D eigenvalue weighted by atomic mass is 16.3. The topological polar surface area (TPSA) is 70.9 Å². The quantitative estimate of drug-likeness (QED) is 0.681. The summed E-state index contributed by atoms with van der Waals surface area (Å²) >= 11 is 0. The van der Waals surface area contributed by atoms with E-state index in [1.165, 1.54) is 4.90 Å². The van der Waals surface area contributed by atoms with Gasteiger partial charge in [-0.2, -0.15) is 0 Å². The van der Waals surface area contributed by atoms with Gasteiger partial charge in [-0.3, -0.25) is 15.2 Å². The van der Waals surface area contributed by atoms with E-state index in [-0.39, 0.29) is 25.2 Å². The molecular formula is C24H38N4O2. The first-order valence-electron chi connectivity index (χ1n) is 11.4. The Balaban J connectivity index is 2.10. The van der Waals surface area contributed by atoms with E-state index in [2.05, 4.69) is 44.7 Å². The van der Waals surface area contributed by atoms with Gasteiger partial charge >= 0.3 is 6.03 Å². The lowest BCUT2D eigenvalue weighted by molar-refractivity contribution is 0.0655. The van der Waals surface area contributed by atoms with E-state index in [4.69, 9.17) is 0 Å². The summed E-state index contributed by atoms with van der Waals surface area (Å²) < 4.78 is 0. The summed E-state index contributed by atoms with van der Waals surface area (Å²) in [5.74, 6) is 0.350. The number of nitrogens with one attached hydrogen (secondary N) is 1. The van der Waals surface area contributed by atoms with Gasteiger partial charge in [-0.15, -0.1) is 0 Å². The second-order valence-corrected chi connectivity index (χ2v) is 9.22. The first-order valence-corrected chi connectivity index (χ1v) is 11.4. The summed E-state index contributed by atoms with van der Waals surface area (Å²) in [7, 11) is 0. The monoisotopic (exact) mass is 414 g/mol. The first kappa shape index (κ1) is 22.8. The van der Waals surface area contributed by atoms with Crippen molar-refractivity contribution in [3.8, 4) is 0 Å². The molecule has 2 aliphatic rings. The molecule has 166 valence electrons. The van der Waals surface area contributed by atoms with Crippen molar-refractivity contribution in [1.82, 2.24) is 14.7 Å². The third-order valence-corrected chi connectivity index (χ3v) is 6.94. The summed E-state index contributed by atoms with van der Waals surface area (Å²) in [5.41, 5.74) is 0.544. The maximum atomic E-state index is 13.2. The molecular weight excluding hydrogens is 376 g/mol. The second kappa shape index (κ2) is 9.48. The molecule has 2 atom stereocenters. The number of carbonyl (C=O) groups excluding carboxylic acids is 1.